The first-order chi connectivity index (χ1) is 20.4. The lowest BCUT2D eigenvalue weighted by atomic mass is 9.89. The van der Waals surface area contributed by atoms with E-state index in [9.17, 15) is 9.59 Å². The van der Waals surface area contributed by atoms with E-state index >= 15 is 0 Å². The lowest BCUT2D eigenvalue weighted by Gasteiger charge is -2.50. The molecular weight excluding hydrogens is 530 g/mol. The Balaban J connectivity index is 1.17. The van der Waals surface area contributed by atoms with Gasteiger partial charge >= 0.3 is 6.03 Å². The van der Waals surface area contributed by atoms with Gasteiger partial charge in [-0.05, 0) is 55.8 Å². The van der Waals surface area contributed by atoms with Crippen molar-refractivity contribution in [2.45, 2.75) is 38.6 Å². The fourth-order valence-electron chi connectivity index (χ4n) is 5.46. The van der Waals surface area contributed by atoms with Crippen molar-refractivity contribution in [1.29, 1.82) is 0 Å². The molecule has 0 spiro atoms. The molecule has 8 heteroatoms. The Morgan fingerprint density at radius 2 is 1.79 bits per heavy atom. The van der Waals surface area contributed by atoms with E-state index < -0.39 is 5.72 Å². The number of carbonyl (C=O) groups excluding carboxylic acids is 2. The van der Waals surface area contributed by atoms with Crippen LogP contribution in [0.15, 0.2) is 97.1 Å². The van der Waals surface area contributed by atoms with Crippen LogP contribution in [0, 0.1) is 6.92 Å². The predicted molar refractivity (Wildman–Crippen MR) is 160 cm³/mol. The SMILES string of the molecule is Cc1ccc(OCCNC(=O)c2cccc(N3C(=O)NC4CC3(C)Oc3c(OCc5ccccc5)cccc34)c2)cc1. The first-order valence-corrected chi connectivity index (χ1v) is 14.1. The van der Waals surface area contributed by atoms with Gasteiger partial charge in [-0.2, -0.15) is 0 Å². The van der Waals surface area contributed by atoms with Crippen LogP contribution in [0.1, 0.15) is 46.4 Å². The molecule has 8 nitrogen and oxygen atoms in total. The monoisotopic (exact) mass is 563 g/mol. The predicted octanol–water partition coefficient (Wildman–Crippen LogP) is 6.15. The molecule has 0 aromatic heterocycles. The van der Waals surface area contributed by atoms with E-state index in [-0.39, 0.29) is 18.0 Å². The van der Waals surface area contributed by atoms with Crippen LogP contribution in [0.5, 0.6) is 17.2 Å². The second kappa shape index (κ2) is 11.5. The second-order valence-electron chi connectivity index (χ2n) is 10.7. The van der Waals surface area contributed by atoms with Crippen molar-refractivity contribution in [3.63, 3.8) is 0 Å². The van der Waals surface area contributed by atoms with Gasteiger partial charge in [-0.3, -0.25) is 9.69 Å². The molecule has 1 saturated heterocycles. The Morgan fingerprint density at radius 3 is 2.60 bits per heavy atom. The van der Waals surface area contributed by atoms with Crippen LogP contribution >= 0.6 is 0 Å². The Labute approximate surface area is 245 Å². The summed E-state index contributed by atoms with van der Waals surface area (Å²) in [4.78, 5) is 28.0. The molecule has 2 heterocycles. The van der Waals surface area contributed by atoms with Gasteiger partial charge in [-0.15, -0.1) is 0 Å². The van der Waals surface area contributed by atoms with Gasteiger partial charge in [-0.1, -0.05) is 66.2 Å². The number of nitrogens with one attached hydrogen (secondary N) is 2. The molecule has 2 aliphatic rings. The maximum atomic E-state index is 13.5. The highest BCUT2D eigenvalue weighted by Gasteiger charge is 2.50. The van der Waals surface area contributed by atoms with Crippen molar-refractivity contribution in [3.8, 4) is 17.2 Å². The van der Waals surface area contributed by atoms with Crippen molar-refractivity contribution in [1.82, 2.24) is 10.6 Å². The number of aryl methyl sites for hydroxylation is 1. The van der Waals surface area contributed by atoms with Crippen LogP contribution in [0.2, 0.25) is 0 Å². The van der Waals surface area contributed by atoms with E-state index in [1.165, 1.54) is 0 Å². The minimum Gasteiger partial charge on any atom is -0.492 e. The minimum atomic E-state index is -0.997. The Hall–Kier alpha value is -4.98. The average Bonchev–Trinajstić information content (AvgIpc) is 2.99. The first kappa shape index (κ1) is 27.2. The molecule has 0 saturated carbocycles. The zero-order valence-corrected chi connectivity index (χ0v) is 23.6. The van der Waals surface area contributed by atoms with Crippen molar-refractivity contribution < 1.29 is 23.8 Å². The molecule has 0 radical (unpaired) electrons. The molecule has 2 unspecified atom stereocenters. The highest BCUT2D eigenvalue weighted by molar-refractivity contribution is 5.99. The number of fused-ring (bicyclic) bond motifs is 4. The van der Waals surface area contributed by atoms with Crippen LogP contribution in [0.25, 0.3) is 0 Å². The van der Waals surface area contributed by atoms with Crippen molar-refractivity contribution in [2.75, 3.05) is 18.1 Å². The number of para-hydroxylation sites is 1. The zero-order valence-electron chi connectivity index (χ0n) is 23.6. The first-order valence-electron chi connectivity index (χ1n) is 14.1. The summed E-state index contributed by atoms with van der Waals surface area (Å²) < 4.78 is 18.5. The van der Waals surface area contributed by atoms with Gasteiger partial charge in [-0.25, -0.2) is 4.79 Å². The number of amides is 3. The Kier molecular flexibility index (Phi) is 7.44. The molecule has 2 bridgehead atoms. The van der Waals surface area contributed by atoms with Gasteiger partial charge in [0.25, 0.3) is 5.91 Å². The molecule has 0 aliphatic carbocycles. The normalized spacial score (nSPS) is 18.8. The number of hydrogen-bond acceptors (Lipinski definition) is 5. The van der Waals surface area contributed by atoms with Crippen molar-refractivity contribution >= 4 is 17.6 Å². The fraction of sp³-hybridized carbons (Fsp3) is 0.235. The number of hydrogen-bond donors (Lipinski definition) is 2. The summed E-state index contributed by atoms with van der Waals surface area (Å²) in [5, 5.41) is 6.01. The van der Waals surface area contributed by atoms with Gasteiger partial charge in [0.05, 0.1) is 18.3 Å². The quantitative estimate of drug-likeness (QED) is 0.239. The van der Waals surface area contributed by atoms with Crippen LogP contribution in [0.3, 0.4) is 0 Å². The summed E-state index contributed by atoms with van der Waals surface area (Å²) in [6.45, 7) is 4.98. The summed E-state index contributed by atoms with van der Waals surface area (Å²) >= 11 is 0. The van der Waals surface area contributed by atoms with Gasteiger partial charge in [0, 0.05) is 17.5 Å². The number of anilines is 1. The van der Waals surface area contributed by atoms with E-state index in [2.05, 4.69) is 10.6 Å². The summed E-state index contributed by atoms with van der Waals surface area (Å²) in [5.74, 6) is 1.72. The van der Waals surface area contributed by atoms with Gasteiger partial charge < -0.3 is 24.8 Å². The number of benzene rings is 4. The van der Waals surface area contributed by atoms with E-state index in [1.807, 2.05) is 86.6 Å². The molecule has 1 fully saturated rings. The van der Waals surface area contributed by atoms with Gasteiger partial charge in [0.15, 0.2) is 17.2 Å². The summed E-state index contributed by atoms with van der Waals surface area (Å²) in [6.07, 6.45) is 0.528. The molecule has 214 valence electrons. The highest BCUT2D eigenvalue weighted by atomic mass is 16.5. The standard InChI is InChI=1S/C34H33N3O5/c1-23-14-16-27(17-15-23)40-19-18-35-32(38)25-10-6-11-26(20-25)37-33(39)36-29-21-34(37,2)42-31-28(29)12-7-13-30(31)41-22-24-8-4-3-5-9-24/h3-17,20,29H,18-19,21-22H2,1-2H3,(H,35,38)(H,36,39). The Bertz CT molecular complexity index is 1590. The molecule has 2 N–H and O–H groups in total. The third-order valence-corrected chi connectivity index (χ3v) is 7.54. The number of nitrogens with zero attached hydrogens (tertiary/aromatic N) is 1. The molecule has 2 atom stereocenters. The third-order valence-electron chi connectivity index (χ3n) is 7.54. The lowest BCUT2D eigenvalue weighted by molar-refractivity contribution is 0.0338. The number of rotatable bonds is 9. The van der Waals surface area contributed by atoms with E-state index in [4.69, 9.17) is 14.2 Å². The number of ether oxygens (including phenoxy) is 3. The second-order valence-corrected chi connectivity index (χ2v) is 10.7. The summed E-state index contributed by atoms with van der Waals surface area (Å²) in [7, 11) is 0. The van der Waals surface area contributed by atoms with E-state index in [0.717, 1.165) is 22.4 Å². The molecular formula is C34H33N3O5. The van der Waals surface area contributed by atoms with Crippen LogP contribution in [0.4, 0.5) is 10.5 Å². The van der Waals surface area contributed by atoms with Crippen LogP contribution in [-0.4, -0.2) is 30.8 Å². The maximum absolute atomic E-state index is 13.5. The summed E-state index contributed by atoms with van der Waals surface area (Å²) in [5.41, 5.74) is 3.08. The summed E-state index contributed by atoms with van der Waals surface area (Å²) in [6, 6.07) is 29.9. The smallest absolute Gasteiger partial charge is 0.325 e. The number of urea groups is 1. The van der Waals surface area contributed by atoms with Crippen LogP contribution in [-0.2, 0) is 6.61 Å². The van der Waals surface area contributed by atoms with Crippen molar-refractivity contribution in [2.24, 2.45) is 0 Å². The average molecular weight is 564 g/mol. The number of carbonyl (C=O) groups is 2. The van der Waals surface area contributed by atoms with Gasteiger partial charge in [0.2, 0.25) is 0 Å². The highest BCUT2D eigenvalue weighted by Crippen LogP contribution is 2.49. The molecule has 4 aromatic rings. The van der Waals surface area contributed by atoms with Crippen LogP contribution < -0.4 is 29.7 Å². The Morgan fingerprint density at radius 1 is 1.00 bits per heavy atom. The lowest BCUT2D eigenvalue weighted by Crippen LogP contribution is -2.65. The third kappa shape index (κ3) is 5.61. The van der Waals surface area contributed by atoms with Crippen molar-refractivity contribution in [3.05, 3.63) is 119 Å². The maximum Gasteiger partial charge on any atom is 0.325 e. The molecule has 3 amide bonds. The van der Waals surface area contributed by atoms with E-state index in [0.29, 0.717) is 48.9 Å². The molecule has 4 aromatic carbocycles. The molecule has 42 heavy (non-hydrogen) atoms. The van der Waals surface area contributed by atoms with Gasteiger partial charge in [0.1, 0.15) is 19.0 Å². The molecule has 6 rings (SSSR count). The largest absolute Gasteiger partial charge is 0.492 e. The molecule has 2 aliphatic heterocycles. The minimum absolute atomic E-state index is 0.234. The van der Waals surface area contributed by atoms with E-state index in [1.54, 1.807) is 29.2 Å². The zero-order chi connectivity index (χ0) is 29.1. The fourth-order valence-corrected chi connectivity index (χ4v) is 5.46. The topological polar surface area (TPSA) is 89.1 Å².